The summed E-state index contributed by atoms with van der Waals surface area (Å²) in [5, 5.41) is 3.07. The molecule has 1 aromatic rings. The molecule has 146 valence electrons. The maximum absolute atomic E-state index is 12.2. The van der Waals surface area contributed by atoms with E-state index in [1.807, 2.05) is 26.0 Å². The minimum atomic E-state index is 0.203. The number of nitrogens with zero attached hydrogens (tertiary/aromatic N) is 2. The number of terminal acetylenes is 1. The highest BCUT2D eigenvalue weighted by Gasteiger charge is 2.30. The van der Waals surface area contributed by atoms with Gasteiger partial charge in [0.25, 0.3) is 0 Å². The summed E-state index contributed by atoms with van der Waals surface area (Å²) in [6, 6.07) is 9.27. The first-order chi connectivity index (χ1) is 13.0. The molecule has 0 unspecified atom stereocenters. The normalized spacial score (nSPS) is 20.5. The molecular weight excluding hydrogens is 334 g/mol. The SMILES string of the molecule is C#Cc1ccc(CN2CCC(N3CCC(C(=O)NC(C)C)CC3)CC2)cc1. The molecule has 4 nitrogen and oxygen atoms in total. The number of likely N-dealkylation sites (tertiary alicyclic amines) is 2. The van der Waals surface area contributed by atoms with Crippen molar-refractivity contribution in [2.24, 2.45) is 5.92 Å². The maximum atomic E-state index is 12.2. The third-order valence-electron chi connectivity index (χ3n) is 5.93. The van der Waals surface area contributed by atoms with E-state index >= 15 is 0 Å². The fourth-order valence-electron chi connectivity index (χ4n) is 4.34. The van der Waals surface area contributed by atoms with Gasteiger partial charge in [-0.2, -0.15) is 0 Å². The van der Waals surface area contributed by atoms with Crippen LogP contribution in [0, 0.1) is 18.3 Å². The van der Waals surface area contributed by atoms with E-state index in [4.69, 9.17) is 6.42 Å². The Morgan fingerprint density at radius 1 is 1.11 bits per heavy atom. The molecule has 0 aliphatic carbocycles. The van der Waals surface area contributed by atoms with Crippen LogP contribution in [-0.4, -0.2) is 54.0 Å². The standard InChI is InChI=1S/C23H33N3O/c1-4-19-5-7-20(8-6-19)17-25-13-11-22(12-14-25)26-15-9-21(10-16-26)23(27)24-18(2)3/h1,5-8,18,21-22H,9-17H2,2-3H3,(H,24,27). The molecule has 0 spiro atoms. The molecule has 0 bridgehead atoms. The molecule has 2 aliphatic rings. The Kier molecular flexibility index (Phi) is 6.93. The number of piperidine rings is 2. The monoisotopic (exact) mass is 367 g/mol. The zero-order chi connectivity index (χ0) is 19.2. The van der Waals surface area contributed by atoms with E-state index in [0.29, 0.717) is 6.04 Å². The molecule has 2 heterocycles. The van der Waals surface area contributed by atoms with Crippen molar-refractivity contribution in [1.82, 2.24) is 15.1 Å². The highest BCUT2D eigenvalue weighted by atomic mass is 16.1. The zero-order valence-electron chi connectivity index (χ0n) is 16.8. The lowest BCUT2D eigenvalue weighted by molar-refractivity contribution is -0.127. The van der Waals surface area contributed by atoms with E-state index < -0.39 is 0 Å². The van der Waals surface area contributed by atoms with Crippen molar-refractivity contribution >= 4 is 5.91 Å². The van der Waals surface area contributed by atoms with Crippen LogP contribution in [-0.2, 0) is 11.3 Å². The van der Waals surface area contributed by atoms with Gasteiger partial charge in [-0.15, -0.1) is 6.42 Å². The quantitative estimate of drug-likeness (QED) is 0.813. The second-order valence-corrected chi connectivity index (χ2v) is 8.32. The smallest absolute Gasteiger partial charge is 0.223 e. The summed E-state index contributed by atoms with van der Waals surface area (Å²) in [7, 11) is 0. The molecule has 1 amide bonds. The van der Waals surface area contributed by atoms with Crippen LogP contribution < -0.4 is 5.32 Å². The van der Waals surface area contributed by atoms with Gasteiger partial charge in [0.05, 0.1) is 0 Å². The Labute approximate surface area is 164 Å². The number of amides is 1. The van der Waals surface area contributed by atoms with Gasteiger partial charge in [0.2, 0.25) is 5.91 Å². The minimum Gasteiger partial charge on any atom is -0.354 e. The van der Waals surface area contributed by atoms with E-state index in [-0.39, 0.29) is 17.9 Å². The van der Waals surface area contributed by atoms with Crippen LogP contribution in [0.2, 0.25) is 0 Å². The predicted molar refractivity (Wildman–Crippen MR) is 110 cm³/mol. The number of carbonyl (C=O) groups is 1. The van der Waals surface area contributed by atoms with E-state index in [2.05, 4.69) is 33.2 Å². The van der Waals surface area contributed by atoms with E-state index in [0.717, 1.165) is 51.1 Å². The molecule has 1 N–H and O–H groups in total. The molecular formula is C23H33N3O. The Morgan fingerprint density at radius 2 is 1.74 bits per heavy atom. The Hall–Kier alpha value is -1.83. The van der Waals surface area contributed by atoms with Crippen LogP contribution in [0.1, 0.15) is 50.7 Å². The van der Waals surface area contributed by atoms with Gasteiger partial charge in [0.15, 0.2) is 0 Å². The van der Waals surface area contributed by atoms with Crippen LogP contribution in [0.3, 0.4) is 0 Å². The number of hydrogen-bond acceptors (Lipinski definition) is 3. The number of benzene rings is 1. The molecule has 0 aromatic heterocycles. The first kappa shape index (κ1) is 19.9. The topological polar surface area (TPSA) is 35.6 Å². The first-order valence-corrected chi connectivity index (χ1v) is 10.4. The lowest BCUT2D eigenvalue weighted by atomic mass is 9.92. The predicted octanol–water partition coefficient (Wildman–Crippen LogP) is 2.87. The third kappa shape index (κ3) is 5.57. The largest absolute Gasteiger partial charge is 0.354 e. The summed E-state index contributed by atoms with van der Waals surface area (Å²) < 4.78 is 0. The van der Waals surface area contributed by atoms with Crippen molar-refractivity contribution in [1.29, 1.82) is 0 Å². The van der Waals surface area contributed by atoms with Gasteiger partial charge >= 0.3 is 0 Å². The average molecular weight is 368 g/mol. The second-order valence-electron chi connectivity index (χ2n) is 8.32. The Morgan fingerprint density at radius 3 is 2.30 bits per heavy atom. The second kappa shape index (κ2) is 9.39. The highest BCUT2D eigenvalue weighted by Crippen LogP contribution is 2.25. The van der Waals surface area contributed by atoms with Crippen molar-refractivity contribution in [2.45, 2.75) is 58.2 Å². The summed E-state index contributed by atoms with van der Waals surface area (Å²) in [5.74, 6) is 3.12. The lowest BCUT2D eigenvalue weighted by Crippen LogP contribution is -2.49. The summed E-state index contributed by atoms with van der Waals surface area (Å²) in [6.07, 6.45) is 9.88. The third-order valence-corrected chi connectivity index (χ3v) is 5.93. The lowest BCUT2D eigenvalue weighted by Gasteiger charge is -2.41. The summed E-state index contributed by atoms with van der Waals surface area (Å²) in [5.41, 5.74) is 2.28. The molecule has 2 saturated heterocycles. The van der Waals surface area contributed by atoms with Crippen LogP contribution >= 0.6 is 0 Å². The Bertz CT molecular complexity index is 645. The van der Waals surface area contributed by atoms with Crippen molar-refractivity contribution in [3.8, 4) is 12.3 Å². The molecule has 3 rings (SSSR count). The van der Waals surface area contributed by atoms with Gasteiger partial charge in [-0.3, -0.25) is 9.69 Å². The van der Waals surface area contributed by atoms with Gasteiger partial charge in [-0.05, 0) is 83.4 Å². The summed E-state index contributed by atoms with van der Waals surface area (Å²) in [4.78, 5) is 17.4. The molecule has 1 aromatic carbocycles. The van der Waals surface area contributed by atoms with Gasteiger partial charge in [0, 0.05) is 30.1 Å². The van der Waals surface area contributed by atoms with Gasteiger partial charge in [-0.25, -0.2) is 0 Å². The molecule has 0 atom stereocenters. The molecule has 2 fully saturated rings. The molecule has 2 aliphatic heterocycles. The number of hydrogen-bond donors (Lipinski definition) is 1. The zero-order valence-corrected chi connectivity index (χ0v) is 16.8. The molecule has 4 heteroatoms. The minimum absolute atomic E-state index is 0.203. The van der Waals surface area contributed by atoms with Crippen LogP contribution in [0.25, 0.3) is 0 Å². The van der Waals surface area contributed by atoms with E-state index in [9.17, 15) is 4.79 Å². The van der Waals surface area contributed by atoms with Gasteiger partial charge < -0.3 is 10.2 Å². The summed E-state index contributed by atoms with van der Waals surface area (Å²) in [6.45, 7) is 9.50. The molecule has 27 heavy (non-hydrogen) atoms. The molecule has 0 saturated carbocycles. The van der Waals surface area contributed by atoms with Crippen LogP contribution in [0.5, 0.6) is 0 Å². The highest BCUT2D eigenvalue weighted by molar-refractivity contribution is 5.78. The first-order valence-electron chi connectivity index (χ1n) is 10.4. The number of nitrogens with one attached hydrogen (secondary N) is 1. The van der Waals surface area contributed by atoms with Crippen molar-refractivity contribution in [2.75, 3.05) is 26.2 Å². The van der Waals surface area contributed by atoms with E-state index in [1.54, 1.807) is 0 Å². The maximum Gasteiger partial charge on any atom is 0.223 e. The molecule has 0 radical (unpaired) electrons. The summed E-state index contributed by atoms with van der Waals surface area (Å²) >= 11 is 0. The van der Waals surface area contributed by atoms with Crippen LogP contribution in [0.4, 0.5) is 0 Å². The Balaban J connectivity index is 1.40. The number of carbonyl (C=O) groups excluding carboxylic acids is 1. The van der Waals surface area contributed by atoms with Crippen LogP contribution in [0.15, 0.2) is 24.3 Å². The average Bonchev–Trinajstić information content (AvgIpc) is 2.69. The number of rotatable bonds is 5. The van der Waals surface area contributed by atoms with E-state index in [1.165, 1.54) is 18.4 Å². The van der Waals surface area contributed by atoms with Crippen molar-refractivity contribution in [3.05, 3.63) is 35.4 Å². The van der Waals surface area contributed by atoms with Crippen molar-refractivity contribution < 1.29 is 4.79 Å². The van der Waals surface area contributed by atoms with Gasteiger partial charge in [0.1, 0.15) is 0 Å². The fourth-order valence-corrected chi connectivity index (χ4v) is 4.34. The fraction of sp³-hybridized carbons (Fsp3) is 0.609. The van der Waals surface area contributed by atoms with Crippen molar-refractivity contribution in [3.63, 3.8) is 0 Å². The van der Waals surface area contributed by atoms with Gasteiger partial charge in [-0.1, -0.05) is 18.1 Å².